The quantitative estimate of drug-likeness (QED) is 0.802. The first-order valence-corrected chi connectivity index (χ1v) is 7.30. The summed E-state index contributed by atoms with van der Waals surface area (Å²) in [6.45, 7) is 2.00. The van der Waals surface area contributed by atoms with E-state index in [4.69, 9.17) is 14.9 Å². The fourth-order valence-corrected chi connectivity index (χ4v) is 2.99. The van der Waals surface area contributed by atoms with Crippen LogP contribution in [0.3, 0.4) is 0 Å². The van der Waals surface area contributed by atoms with E-state index >= 15 is 0 Å². The number of amides is 1. The van der Waals surface area contributed by atoms with Crippen molar-refractivity contribution in [3.8, 4) is 11.5 Å². The molecular weight excluding hydrogens is 304 g/mol. The van der Waals surface area contributed by atoms with Gasteiger partial charge in [0.2, 0.25) is 12.0 Å². The van der Waals surface area contributed by atoms with Crippen molar-refractivity contribution >= 4 is 39.8 Å². The van der Waals surface area contributed by atoms with Gasteiger partial charge in [-0.15, -0.1) is 0 Å². The van der Waals surface area contributed by atoms with Crippen LogP contribution in [0.5, 0.6) is 11.5 Å². The number of hydrazone groups is 1. The molecule has 0 saturated heterocycles. The third kappa shape index (κ3) is 2.00. The lowest BCUT2D eigenvalue weighted by Crippen LogP contribution is -2.35. The van der Waals surface area contributed by atoms with Crippen LogP contribution in [-0.2, 0) is 4.79 Å². The van der Waals surface area contributed by atoms with Gasteiger partial charge in [0.05, 0.1) is 10.6 Å². The molecule has 0 aliphatic carbocycles. The summed E-state index contributed by atoms with van der Waals surface area (Å²) in [5.41, 5.74) is 0.935. The van der Waals surface area contributed by atoms with Crippen molar-refractivity contribution in [1.29, 1.82) is 5.41 Å². The smallest absolute Gasteiger partial charge is 0.283 e. The Kier molecular flexibility index (Phi) is 2.80. The maximum atomic E-state index is 12.1. The number of carbonyl (C=O) groups excluding carboxylic acids is 1. The molecule has 1 aromatic rings. The Hall–Kier alpha value is -2.61. The first kappa shape index (κ1) is 13.1. The van der Waals surface area contributed by atoms with Crippen molar-refractivity contribution in [1.82, 2.24) is 5.01 Å². The molecule has 3 aliphatic heterocycles. The Morgan fingerprint density at radius 1 is 1.36 bits per heavy atom. The van der Waals surface area contributed by atoms with Crippen LogP contribution in [0.25, 0.3) is 6.08 Å². The zero-order valence-electron chi connectivity index (χ0n) is 11.5. The second kappa shape index (κ2) is 4.70. The van der Waals surface area contributed by atoms with Crippen LogP contribution in [0.4, 0.5) is 0 Å². The number of nitrogens with one attached hydrogen (secondary N) is 1. The number of carbonyl (C=O) groups is 1. The van der Waals surface area contributed by atoms with Crippen LogP contribution in [0.1, 0.15) is 12.5 Å². The summed E-state index contributed by atoms with van der Waals surface area (Å²) in [7, 11) is 0. The van der Waals surface area contributed by atoms with Crippen molar-refractivity contribution in [3.05, 3.63) is 29.3 Å². The van der Waals surface area contributed by atoms with E-state index in [-0.39, 0.29) is 18.2 Å². The molecule has 0 bridgehead atoms. The van der Waals surface area contributed by atoms with E-state index in [0.717, 1.165) is 10.6 Å². The topological polar surface area (TPSA) is 87.3 Å². The summed E-state index contributed by atoms with van der Waals surface area (Å²) < 4.78 is 10.6. The van der Waals surface area contributed by atoms with Gasteiger partial charge in [-0.3, -0.25) is 10.2 Å². The normalized spacial score (nSPS) is 21.1. The van der Waals surface area contributed by atoms with E-state index in [9.17, 15) is 4.79 Å². The van der Waals surface area contributed by atoms with Gasteiger partial charge in [-0.2, -0.15) is 15.1 Å². The predicted octanol–water partition coefficient (Wildman–Crippen LogP) is 2.05. The Bertz CT molecular complexity index is 812. The number of fused-ring (bicyclic) bond motifs is 2. The molecule has 7 nitrogen and oxygen atoms in total. The van der Waals surface area contributed by atoms with Gasteiger partial charge >= 0.3 is 0 Å². The van der Waals surface area contributed by atoms with Gasteiger partial charge in [-0.05, 0) is 42.5 Å². The third-order valence-electron chi connectivity index (χ3n) is 3.26. The molecular formula is C14H10N4O3S. The molecule has 3 heterocycles. The van der Waals surface area contributed by atoms with Crippen LogP contribution in [-0.4, -0.2) is 33.8 Å². The minimum absolute atomic E-state index is 0.0250. The fourth-order valence-electron chi connectivity index (χ4n) is 2.26. The number of hydrogen-bond acceptors (Lipinski definition) is 6. The fraction of sp³-hybridized carbons (Fsp3) is 0.143. The van der Waals surface area contributed by atoms with E-state index in [0.29, 0.717) is 16.7 Å². The highest BCUT2D eigenvalue weighted by molar-refractivity contribution is 8.26. The van der Waals surface area contributed by atoms with E-state index in [2.05, 4.69) is 10.1 Å². The number of thioether (sulfide) groups is 1. The number of amidine groups is 2. The predicted molar refractivity (Wildman–Crippen MR) is 83.2 cm³/mol. The van der Waals surface area contributed by atoms with Crippen molar-refractivity contribution in [2.75, 3.05) is 6.79 Å². The molecule has 0 unspecified atom stereocenters. The summed E-state index contributed by atoms with van der Waals surface area (Å²) in [6.07, 6.45) is 1.61. The number of rotatable bonds is 1. The Balaban J connectivity index is 1.73. The molecule has 8 heteroatoms. The van der Waals surface area contributed by atoms with E-state index < -0.39 is 5.91 Å². The maximum Gasteiger partial charge on any atom is 0.283 e. The molecule has 1 amide bonds. The van der Waals surface area contributed by atoms with E-state index in [1.807, 2.05) is 6.92 Å². The van der Waals surface area contributed by atoms with E-state index in [1.54, 1.807) is 24.3 Å². The molecule has 0 radical (unpaired) electrons. The lowest BCUT2D eigenvalue weighted by molar-refractivity contribution is -0.114. The van der Waals surface area contributed by atoms with Gasteiger partial charge in [0.15, 0.2) is 17.3 Å². The third-order valence-corrected chi connectivity index (χ3v) is 4.09. The minimum Gasteiger partial charge on any atom is -0.454 e. The molecule has 0 spiro atoms. The van der Waals surface area contributed by atoms with Crippen LogP contribution in [0, 0.1) is 5.41 Å². The van der Waals surface area contributed by atoms with Gasteiger partial charge in [0.25, 0.3) is 5.91 Å². The molecule has 0 fully saturated rings. The van der Waals surface area contributed by atoms with Crippen molar-refractivity contribution in [2.24, 2.45) is 10.1 Å². The van der Waals surface area contributed by atoms with Crippen LogP contribution in [0.2, 0.25) is 0 Å². The summed E-state index contributed by atoms with van der Waals surface area (Å²) >= 11 is 1.28. The van der Waals surface area contributed by atoms with E-state index in [1.165, 1.54) is 16.8 Å². The number of ether oxygens (including phenoxy) is 2. The molecule has 0 aromatic heterocycles. The van der Waals surface area contributed by atoms with Crippen molar-refractivity contribution in [3.63, 3.8) is 0 Å². The molecule has 4 rings (SSSR count). The van der Waals surface area contributed by atoms with Gasteiger partial charge in [0.1, 0.15) is 0 Å². The Labute approximate surface area is 129 Å². The van der Waals surface area contributed by atoms with Crippen molar-refractivity contribution < 1.29 is 14.3 Å². The highest BCUT2D eigenvalue weighted by atomic mass is 32.2. The van der Waals surface area contributed by atoms with Gasteiger partial charge in [0, 0.05) is 0 Å². The number of nitrogens with zero attached hydrogens (tertiary/aromatic N) is 3. The molecule has 22 heavy (non-hydrogen) atoms. The van der Waals surface area contributed by atoms with Gasteiger partial charge in [-0.25, -0.2) is 0 Å². The molecule has 1 aromatic carbocycles. The number of aliphatic imine (C=N–C) groups is 1. The average Bonchev–Trinajstić information content (AvgIpc) is 3.08. The molecule has 3 aliphatic rings. The van der Waals surface area contributed by atoms with Crippen LogP contribution >= 0.6 is 11.8 Å². The maximum absolute atomic E-state index is 12.1. The second-order valence-corrected chi connectivity index (χ2v) is 5.91. The zero-order valence-corrected chi connectivity index (χ0v) is 12.3. The first-order valence-electron chi connectivity index (χ1n) is 6.48. The Morgan fingerprint density at radius 2 is 2.18 bits per heavy atom. The van der Waals surface area contributed by atoms with Gasteiger partial charge in [-0.1, -0.05) is 6.07 Å². The largest absolute Gasteiger partial charge is 0.454 e. The SMILES string of the molecule is CC1=NN2C(=N)/C(=C/c3ccc4c(c3)OCO4)C(=O)N=C2S1. The summed E-state index contributed by atoms with van der Waals surface area (Å²) in [4.78, 5) is 16.1. The standard InChI is InChI=1S/C14H10N4O3S/c1-7-17-18-12(15)9(13(19)16-14(18)22-7)4-8-2-3-10-11(5-8)21-6-20-10/h2-5,15H,6H2,1H3/b9-4-,15-12?. The van der Waals surface area contributed by atoms with Gasteiger partial charge < -0.3 is 9.47 Å². The molecule has 0 atom stereocenters. The van der Waals surface area contributed by atoms with Crippen LogP contribution < -0.4 is 9.47 Å². The average molecular weight is 314 g/mol. The monoisotopic (exact) mass is 314 g/mol. The second-order valence-electron chi connectivity index (χ2n) is 4.75. The number of hydrogen-bond donors (Lipinski definition) is 1. The summed E-state index contributed by atoms with van der Waals surface area (Å²) in [5.74, 6) is 0.880. The Morgan fingerprint density at radius 3 is 3.05 bits per heavy atom. The zero-order chi connectivity index (χ0) is 15.3. The summed E-state index contributed by atoms with van der Waals surface area (Å²) in [6, 6.07) is 5.34. The minimum atomic E-state index is -0.439. The molecule has 1 N–H and O–H groups in total. The molecule has 0 saturated carbocycles. The highest BCUT2D eigenvalue weighted by Gasteiger charge is 2.34. The molecule has 110 valence electrons. The first-order chi connectivity index (χ1) is 10.6. The lowest BCUT2D eigenvalue weighted by atomic mass is 10.1. The van der Waals surface area contributed by atoms with Crippen LogP contribution in [0.15, 0.2) is 33.9 Å². The highest BCUT2D eigenvalue weighted by Crippen LogP contribution is 2.34. The number of benzene rings is 1. The lowest BCUT2D eigenvalue weighted by Gasteiger charge is -2.20. The summed E-state index contributed by atoms with van der Waals surface area (Å²) in [5, 5.41) is 14.9. The van der Waals surface area contributed by atoms with Crippen molar-refractivity contribution in [2.45, 2.75) is 6.92 Å².